The van der Waals surface area contributed by atoms with Crippen molar-refractivity contribution in [3.63, 3.8) is 0 Å². The molecule has 2 nitrogen and oxygen atoms in total. The highest BCUT2D eigenvalue weighted by molar-refractivity contribution is 7.99. The molecular weight excluding hydrogens is 276 g/mol. The highest BCUT2D eigenvalue weighted by Crippen LogP contribution is 2.25. The Hall–Kier alpha value is -1.84. The van der Waals surface area contributed by atoms with Gasteiger partial charge in [-0.3, -0.25) is 4.98 Å². The van der Waals surface area contributed by atoms with Crippen molar-refractivity contribution in [3.05, 3.63) is 71.9 Å². The fourth-order valence-electron chi connectivity index (χ4n) is 2.39. The first-order chi connectivity index (χ1) is 10.3. The molecule has 2 aromatic carbocycles. The van der Waals surface area contributed by atoms with E-state index >= 15 is 0 Å². The molecule has 0 aliphatic heterocycles. The molecular formula is C18H18N2S. The number of para-hydroxylation sites is 1. The topological polar surface area (TPSA) is 38.9 Å². The third-order valence-electron chi connectivity index (χ3n) is 3.52. The quantitative estimate of drug-likeness (QED) is 0.725. The molecule has 3 heteroatoms. The lowest BCUT2D eigenvalue weighted by molar-refractivity contribution is 0.865. The maximum Gasteiger partial charge on any atom is 0.0702 e. The number of rotatable bonds is 4. The van der Waals surface area contributed by atoms with E-state index in [1.54, 1.807) is 0 Å². The summed E-state index contributed by atoms with van der Waals surface area (Å²) < 4.78 is 0. The van der Waals surface area contributed by atoms with Crippen molar-refractivity contribution in [2.75, 3.05) is 5.75 Å². The first kappa shape index (κ1) is 14.1. The van der Waals surface area contributed by atoms with Crippen LogP contribution in [0.3, 0.4) is 0 Å². The largest absolute Gasteiger partial charge is 0.320 e. The zero-order valence-corrected chi connectivity index (χ0v) is 12.8. The Morgan fingerprint density at radius 3 is 2.57 bits per heavy atom. The van der Waals surface area contributed by atoms with E-state index in [0.29, 0.717) is 0 Å². The van der Waals surface area contributed by atoms with Gasteiger partial charge in [-0.05, 0) is 41.1 Å². The lowest BCUT2D eigenvalue weighted by Crippen LogP contribution is -2.12. The second-order valence-electron chi connectivity index (χ2n) is 4.94. The second-order valence-corrected chi connectivity index (χ2v) is 6.28. The van der Waals surface area contributed by atoms with Gasteiger partial charge in [0.1, 0.15) is 0 Å². The van der Waals surface area contributed by atoms with Crippen molar-refractivity contribution in [1.82, 2.24) is 4.98 Å². The van der Waals surface area contributed by atoms with Gasteiger partial charge < -0.3 is 5.73 Å². The first-order valence-electron chi connectivity index (χ1n) is 7.11. The summed E-state index contributed by atoms with van der Waals surface area (Å²) in [5, 5.41) is 1.13. The lowest BCUT2D eigenvalue weighted by Gasteiger charge is -2.13. The van der Waals surface area contributed by atoms with Crippen molar-refractivity contribution in [2.45, 2.75) is 17.9 Å². The highest BCUT2D eigenvalue weighted by atomic mass is 32.2. The molecule has 0 aliphatic carbocycles. The van der Waals surface area contributed by atoms with E-state index in [1.807, 2.05) is 36.2 Å². The van der Waals surface area contributed by atoms with Gasteiger partial charge in [0.15, 0.2) is 0 Å². The van der Waals surface area contributed by atoms with E-state index in [1.165, 1.54) is 4.90 Å². The number of hydrogen-bond donors (Lipinski definition) is 1. The van der Waals surface area contributed by atoms with Gasteiger partial charge in [-0.1, -0.05) is 37.3 Å². The summed E-state index contributed by atoms with van der Waals surface area (Å²) in [4.78, 5) is 5.77. The van der Waals surface area contributed by atoms with Crippen molar-refractivity contribution >= 4 is 22.7 Å². The van der Waals surface area contributed by atoms with E-state index in [2.05, 4.69) is 48.3 Å². The summed E-state index contributed by atoms with van der Waals surface area (Å²) in [6.45, 7) is 2.16. The SMILES string of the molecule is CCSc1ccc(C(N)c2cnc3ccccc3c2)cc1. The van der Waals surface area contributed by atoms with Crippen LogP contribution >= 0.6 is 11.8 Å². The molecule has 2 N–H and O–H groups in total. The van der Waals surface area contributed by atoms with Crippen LogP contribution in [0.5, 0.6) is 0 Å². The number of fused-ring (bicyclic) bond motifs is 1. The van der Waals surface area contributed by atoms with Gasteiger partial charge in [-0.15, -0.1) is 11.8 Å². The zero-order valence-electron chi connectivity index (χ0n) is 12.0. The fraction of sp³-hybridized carbons (Fsp3) is 0.167. The Morgan fingerprint density at radius 1 is 1.05 bits per heavy atom. The van der Waals surface area contributed by atoms with Crippen LogP contribution in [0.25, 0.3) is 10.9 Å². The van der Waals surface area contributed by atoms with Crippen LogP contribution in [0.4, 0.5) is 0 Å². The molecule has 1 unspecified atom stereocenters. The predicted molar refractivity (Wildman–Crippen MR) is 90.6 cm³/mol. The van der Waals surface area contributed by atoms with Gasteiger partial charge in [0.25, 0.3) is 0 Å². The smallest absolute Gasteiger partial charge is 0.0702 e. The molecule has 0 bridgehead atoms. The third kappa shape index (κ3) is 3.09. The van der Waals surface area contributed by atoms with Gasteiger partial charge in [-0.2, -0.15) is 0 Å². The van der Waals surface area contributed by atoms with Crippen LogP contribution in [-0.4, -0.2) is 10.7 Å². The van der Waals surface area contributed by atoms with Crippen molar-refractivity contribution in [1.29, 1.82) is 0 Å². The van der Waals surface area contributed by atoms with Gasteiger partial charge >= 0.3 is 0 Å². The molecule has 0 radical (unpaired) electrons. The molecule has 1 heterocycles. The number of nitrogens with two attached hydrogens (primary N) is 1. The molecule has 0 saturated carbocycles. The maximum atomic E-state index is 6.38. The summed E-state index contributed by atoms with van der Waals surface area (Å²) in [5.41, 5.74) is 9.55. The maximum absolute atomic E-state index is 6.38. The summed E-state index contributed by atoms with van der Waals surface area (Å²) >= 11 is 1.84. The monoisotopic (exact) mass is 294 g/mol. The zero-order chi connectivity index (χ0) is 14.7. The Morgan fingerprint density at radius 2 is 1.81 bits per heavy atom. The minimum Gasteiger partial charge on any atom is -0.320 e. The number of pyridine rings is 1. The summed E-state index contributed by atoms with van der Waals surface area (Å²) in [6.07, 6.45) is 1.88. The lowest BCUT2D eigenvalue weighted by atomic mass is 10.00. The molecule has 1 aromatic heterocycles. The number of thioether (sulfide) groups is 1. The molecule has 106 valence electrons. The molecule has 0 aliphatic rings. The van der Waals surface area contributed by atoms with Gasteiger partial charge in [-0.25, -0.2) is 0 Å². The Balaban J connectivity index is 1.90. The van der Waals surface area contributed by atoms with Crippen LogP contribution < -0.4 is 5.73 Å². The van der Waals surface area contributed by atoms with Crippen LogP contribution in [0.15, 0.2) is 65.7 Å². The van der Waals surface area contributed by atoms with E-state index in [0.717, 1.165) is 27.8 Å². The van der Waals surface area contributed by atoms with E-state index in [9.17, 15) is 0 Å². The van der Waals surface area contributed by atoms with Gasteiger partial charge in [0.05, 0.1) is 11.6 Å². The summed E-state index contributed by atoms with van der Waals surface area (Å²) in [6, 6.07) is 18.6. The fourth-order valence-corrected chi connectivity index (χ4v) is 3.05. The predicted octanol–water partition coefficient (Wildman–Crippen LogP) is 4.39. The average Bonchev–Trinajstić information content (AvgIpc) is 2.55. The normalized spacial score (nSPS) is 12.5. The molecule has 0 saturated heterocycles. The van der Waals surface area contributed by atoms with Crippen LogP contribution in [0.2, 0.25) is 0 Å². The Kier molecular flexibility index (Phi) is 4.23. The first-order valence-corrected chi connectivity index (χ1v) is 8.09. The molecule has 3 rings (SSSR count). The summed E-state index contributed by atoms with van der Waals surface area (Å²) in [5.74, 6) is 1.08. The van der Waals surface area contributed by atoms with Gasteiger partial charge in [0, 0.05) is 16.5 Å². The summed E-state index contributed by atoms with van der Waals surface area (Å²) in [7, 11) is 0. The highest BCUT2D eigenvalue weighted by Gasteiger charge is 2.10. The van der Waals surface area contributed by atoms with E-state index in [4.69, 9.17) is 5.73 Å². The van der Waals surface area contributed by atoms with Crippen molar-refractivity contribution in [2.24, 2.45) is 5.73 Å². The van der Waals surface area contributed by atoms with E-state index < -0.39 is 0 Å². The Labute approximate surface area is 129 Å². The van der Waals surface area contributed by atoms with Crippen LogP contribution in [0, 0.1) is 0 Å². The third-order valence-corrected chi connectivity index (χ3v) is 4.42. The number of benzene rings is 2. The van der Waals surface area contributed by atoms with Crippen LogP contribution in [0.1, 0.15) is 24.1 Å². The van der Waals surface area contributed by atoms with Crippen molar-refractivity contribution in [3.8, 4) is 0 Å². The molecule has 0 spiro atoms. The van der Waals surface area contributed by atoms with Gasteiger partial charge in [0.2, 0.25) is 0 Å². The molecule has 1 atom stereocenters. The Bertz CT molecular complexity index is 738. The van der Waals surface area contributed by atoms with Crippen LogP contribution in [-0.2, 0) is 0 Å². The number of nitrogens with zero attached hydrogens (tertiary/aromatic N) is 1. The molecule has 3 aromatic rings. The minimum atomic E-state index is -0.136. The number of hydrogen-bond acceptors (Lipinski definition) is 3. The molecule has 0 fully saturated rings. The molecule has 0 amide bonds. The number of aromatic nitrogens is 1. The van der Waals surface area contributed by atoms with Crippen molar-refractivity contribution < 1.29 is 0 Å². The second kappa shape index (κ2) is 6.29. The average molecular weight is 294 g/mol. The minimum absolute atomic E-state index is 0.136. The van der Waals surface area contributed by atoms with E-state index in [-0.39, 0.29) is 6.04 Å². The molecule has 21 heavy (non-hydrogen) atoms. The standard InChI is InChI=1S/C18H18N2S/c1-2-21-16-9-7-13(8-10-16)18(19)15-11-14-5-3-4-6-17(14)20-12-15/h3-12,18H,2,19H2,1H3.